The van der Waals surface area contributed by atoms with E-state index in [1.54, 1.807) is 31.2 Å². The quantitative estimate of drug-likeness (QED) is 0.371. The van der Waals surface area contributed by atoms with Crippen LogP contribution < -0.4 is 4.74 Å². The topological polar surface area (TPSA) is 94.3 Å². The van der Waals surface area contributed by atoms with E-state index in [4.69, 9.17) is 4.74 Å². The number of rotatable bonds is 5. The summed E-state index contributed by atoms with van der Waals surface area (Å²) in [4.78, 5) is 7.52. The standard InChI is InChI=1S/C23H20F3N3O4S/c1-14-12-18(17-8-11-28-21(17)29(14)30)19-13-16(34(31,32)22(2,3)23(24,25)26)4-5-20(19)33-15-6-9-27-10-7-15/h4-13,30H,1-3H3. The van der Waals surface area contributed by atoms with Crippen LogP contribution in [0, 0.1) is 6.92 Å². The smallest absolute Gasteiger partial charge is 0.408 e. The second kappa shape index (κ2) is 8.01. The van der Waals surface area contributed by atoms with Crippen molar-refractivity contribution in [3.05, 3.63) is 66.7 Å². The monoisotopic (exact) mass is 491 g/mol. The highest BCUT2D eigenvalue weighted by Gasteiger charge is 2.57. The van der Waals surface area contributed by atoms with Gasteiger partial charge in [-0.1, -0.05) is 0 Å². The van der Waals surface area contributed by atoms with Gasteiger partial charge in [-0.15, -0.1) is 0 Å². The van der Waals surface area contributed by atoms with Crippen LogP contribution in [-0.2, 0) is 9.84 Å². The molecule has 2 aromatic rings. The predicted octanol–water partition coefficient (Wildman–Crippen LogP) is 5.50. The Morgan fingerprint density at radius 1 is 0.941 bits per heavy atom. The number of sulfone groups is 1. The highest BCUT2D eigenvalue weighted by Crippen LogP contribution is 2.44. The van der Waals surface area contributed by atoms with E-state index in [-0.39, 0.29) is 17.1 Å². The number of aromatic nitrogens is 3. The van der Waals surface area contributed by atoms with Crippen molar-refractivity contribution in [3.63, 3.8) is 0 Å². The highest BCUT2D eigenvalue weighted by atomic mass is 32.2. The summed E-state index contributed by atoms with van der Waals surface area (Å²) in [5.41, 5.74) is 1.48. The first-order valence-electron chi connectivity index (χ1n) is 10.0. The van der Waals surface area contributed by atoms with E-state index < -0.39 is 25.7 Å². The van der Waals surface area contributed by atoms with Gasteiger partial charge < -0.3 is 9.94 Å². The van der Waals surface area contributed by atoms with Gasteiger partial charge >= 0.3 is 6.18 Å². The van der Waals surface area contributed by atoms with Gasteiger partial charge in [-0.2, -0.15) is 17.9 Å². The predicted molar refractivity (Wildman–Crippen MR) is 118 cm³/mol. The zero-order valence-electron chi connectivity index (χ0n) is 18.3. The minimum absolute atomic E-state index is 0.201. The minimum atomic E-state index is -4.99. The Hall–Kier alpha value is -3.60. The van der Waals surface area contributed by atoms with Crippen LogP contribution in [0.3, 0.4) is 0 Å². The molecule has 0 unspecified atom stereocenters. The average molecular weight is 491 g/mol. The van der Waals surface area contributed by atoms with Gasteiger partial charge in [0.25, 0.3) is 0 Å². The van der Waals surface area contributed by atoms with E-state index >= 15 is 0 Å². The lowest BCUT2D eigenvalue weighted by atomic mass is 9.98. The zero-order chi connectivity index (χ0) is 24.9. The lowest BCUT2D eigenvalue weighted by molar-refractivity contribution is -0.153. The summed E-state index contributed by atoms with van der Waals surface area (Å²) >= 11 is 0. The van der Waals surface area contributed by atoms with E-state index in [0.717, 1.165) is 16.9 Å². The summed E-state index contributed by atoms with van der Waals surface area (Å²) < 4.78 is 70.8. The van der Waals surface area contributed by atoms with Gasteiger partial charge in [-0.05, 0) is 68.8 Å². The van der Waals surface area contributed by atoms with Crippen molar-refractivity contribution in [1.29, 1.82) is 0 Å². The van der Waals surface area contributed by atoms with Crippen molar-refractivity contribution in [2.45, 2.75) is 36.6 Å². The first kappa shape index (κ1) is 23.6. The Morgan fingerprint density at radius 3 is 2.26 bits per heavy atom. The van der Waals surface area contributed by atoms with Crippen molar-refractivity contribution >= 4 is 9.84 Å². The van der Waals surface area contributed by atoms with E-state index in [2.05, 4.69) is 9.97 Å². The third-order valence-corrected chi connectivity index (χ3v) is 8.09. The van der Waals surface area contributed by atoms with E-state index in [1.807, 2.05) is 0 Å². The summed E-state index contributed by atoms with van der Waals surface area (Å²) in [7, 11) is -4.84. The fraction of sp³-hybridized carbons (Fsp3) is 0.217. The lowest BCUT2D eigenvalue weighted by Crippen LogP contribution is -2.46. The normalized spacial score (nSPS) is 12.8. The van der Waals surface area contributed by atoms with Gasteiger partial charge in [-0.3, -0.25) is 4.98 Å². The van der Waals surface area contributed by atoms with Crippen LogP contribution in [0.1, 0.15) is 19.5 Å². The highest BCUT2D eigenvalue weighted by molar-refractivity contribution is 7.92. The van der Waals surface area contributed by atoms with Crippen molar-refractivity contribution in [3.8, 4) is 34.0 Å². The molecule has 178 valence electrons. The fourth-order valence-corrected chi connectivity index (χ4v) is 4.81. The van der Waals surface area contributed by atoms with Gasteiger partial charge in [0.1, 0.15) is 11.5 Å². The summed E-state index contributed by atoms with van der Waals surface area (Å²) in [5, 5.41) is 10.3. The number of hydrogen-bond acceptors (Lipinski definition) is 6. The molecule has 4 rings (SSSR count). The molecule has 0 atom stereocenters. The van der Waals surface area contributed by atoms with Crippen LogP contribution in [0.5, 0.6) is 11.5 Å². The molecule has 0 spiro atoms. The lowest BCUT2D eigenvalue weighted by Gasteiger charge is -2.28. The van der Waals surface area contributed by atoms with Crippen LogP contribution >= 0.6 is 0 Å². The number of pyridine rings is 2. The molecular formula is C23H20F3N3O4S. The van der Waals surface area contributed by atoms with Crippen molar-refractivity contribution in [2.24, 2.45) is 0 Å². The molecule has 0 fully saturated rings. The minimum Gasteiger partial charge on any atom is -0.457 e. The Bertz CT molecular complexity index is 1430. The molecule has 0 saturated carbocycles. The molecule has 3 heterocycles. The fourth-order valence-electron chi connectivity index (χ4n) is 3.40. The Labute approximate surface area is 193 Å². The van der Waals surface area contributed by atoms with Crippen molar-refractivity contribution in [1.82, 2.24) is 14.7 Å². The first-order chi connectivity index (χ1) is 15.8. The number of aryl methyl sites for hydroxylation is 1. The molecule has 11 heteroatoms. The molecular weight excluding hydrogens is 471 g/mol. The molecule has 0 bridgehead atoms. The van der Waals surface area contributed by atoms with Gasteiger partial charge in [0.15, 0.2) is 20.4 Å². The Morgan fingerprint density at radius 2 is 1.62 bits per heavy atom. The van der Waals surface area contributed by atoms with Crippen LogP contribution in [0.25, 0.3) is 22.5 Å². The summed E-state index contributed by atoms with van der Waals surface area (Å²) in [6, 6.07) is 9.90. The Kier molecular flexibility index (Phi) is 5.55. The van der Waals surface area contributed by atoms with Crippen molar-refractivity contribution < 1.29 is 31.5 Å². The van der Waals surface area contributed by atoms with Crippen LogP contribution in [0.4, 0.5) is 13.2 Å². The van der Waals surface area contributed by atoms with Gasteiger partial charge in [0.2, 0.25) is 0 Å². The van der Waals surface area contributed by atoms with Gasteiger partial charge in [0, 0.05) is 29.7 Å². The van der Waals surface area contributed by atoms with Gasteiger partial charge in [0.05, 0.1) is 10.6 Å². The molecule has 1 N–H and O–H groups in total. The number of ether oxygens (including phenoxy) is 1. The summed E-state index contributed by atoms with van der Waals surface area (Å²) in [5.74, 6) is 0.797. The van der Waals surface area contributed by atoms with E-state index in [1.165, 1.54) is 24.7 Å². The number of alkyl halides is 3. The largest absolute Gasteiger partial charge is 0.457 e. The Balaban J connectivity index is 1.97. The molecule has 1 aromatic heterocycles. The summed E-state index contributed by atoms with van der Waals surface area (Å²) in [6.45, 7) is 2.86. The number of benzene rings is 1. The summed E-state index contributed by atoms with van der Waals surface area (Å²) in [6.07, 6.45) is -0.537. The average Bonchev–Trinajstić information content (AvgIpc) is 3.27. The maximum absolute atomic E-state index is 13.6. The molecule has 1 aromatic carbocycles. The number of fused-ring (bicyclic) bond motifs is 1. The molecule has 2 aliphatic heterocycles. The molecule has 34 heavy (non-hydrogen) atoms. The molecule has 7 nitrogen and oxygen atoms in total. The number of hydrogen-bond donors (Lipinski definition) is 1. The van der Waals surface area contributed by atoms with Crippen LogP contribution in [0.2, 0.25) is 0 Å². The van der Waals surface area contributed by atoms with Crippen LogP contribution in [0.15, 0.2) is 66.0 Å². The molecule has 0 amide bonds. The maximum atomic E-state index is 13.6. The van der Waals surface area contributed by atoms with E-state index in [0.29, 0.717) is 36.4 Å². The third-order valence-electron chi connectivity index (χ3n) is 5.64. The SMILES string of the molecule is Cc1cc(-c2cc(S(=O)(=O)C(C)(C)C(F)(F)F)ccc2Oc2ccncc2)c2ccnc-2n1O. The van der Waals surface area contributed by atoms with Crippen molar-refractivity contribution in [2.75, 3.05) is 0 Å². The van der Waals surface area contributed by atoms with Gasteiger partial charge in [-0.25, -0.2) is 13.4 Å². The van der Waals surface area contributed by atoms with Crippen LogP contribution in [-0.4, -0.2) is 39.2 Å². The molecule has 0 aliphatic carbocycles. The van der Waals surface area contributed by atoms with E-state index in [9.17, 15) is 26.8 Å². The number of nitrogens with zero attached hydrogens (tertiary/aromatic N) is 3. The third kappa shape index (κ3) is 3.75. The second-order valence-electron chi connectivity index (χ2n) is 8.15. The zero-order valence-corrected chi connectivity index (χ0v) is 19.1. The molecule has 0 saturated heterocycles. The molecule has 0 radical (unpaired) electrons. The maximum Gasteiger partial charge on any atom is 0.408 e. The second-order valence-corrected chi connectivity index (χ2v) is 10.6. The first-order valence-corrected chi connectivity index (χ1v) is 11.5. The molecule has 2 aliphatic rings. The number of halogens is 3.